The van der Waals surface area contributed by atoms with E-state index in [-0.39, 0.29) is 11.9 Å². The number of piperazine rings is 1. The Hall–Kier alpha value is -2.77. The van der Waals surface area contributed by atoms with Gasteiger partial charge in [-0.15, -0.1) is 0 Å². The van der Waals surface area contributed by atoms with Crippen LogP contribution in [0.1, 0.15) is 27.5 Å². The van der Waals surface area contributed by atoms with Crippen molar-refractivity contribution in [2.45, 2.75) is 13.0 Å². The van der Waals surface area contributed by atoms with Crippen LogP contribution in [0.5, 0.6) is 17.2 Å². The van der Waals surface area contributed by atoms with Crippen molar-refractivity contribution >= 4 is 5.91 Å². The van der Waals surface area contributed by atoms with E-state index in [1.807, 2.05) is 0 Å². The topological polar surface area (TPSA) is 65.7 Å². The molecular weight excluding hydrogens is 394 g/mol. The molecule has 168 valence electrons. The molecule has 1 heterocycles. The van der Waals surface area contributed by atoms with Crippen molar-refractivity contribution in [3.8, 4) is 17.2 Å². The normalized spacial score (nSPS) is 19.4. The Morgan fingerprint density at radius 3 is 2.06 bits per heavy atom. The minimum Gasteiger partial charge on any atom is -0.493 e. The molecule has 2 aromatic rings. The molecule has 1 saturated heterocycles. The van der Waals surface area contributed by atoms with E-state index in [1.165, 1.54) is 16.0 Å². The summed E-state index contributed by atoms with van der Waals surface area (Å²) in [6, 6.07) is 12.2. The molecule has 0 bridgehead atoms. The number of rotatable bonds is 8. The zero-order chi connectivity index (χ0) is 22.4. The van der Waals surface area contributed by atoms with Crippen LogP contribution in [0.3, 0.4) is 0 Å². The minimum atomic E-state index is -0.157. The van der Waals surface area contributed by atoms with Gasteiger partial charge in [-0.3, -0.25) is 4.79 Å². The predicted molar refractivity (Wildman–Crippen MR) is 120 cm³/mol. The first-order valence-electron chi connectivity index (χ1n) is 10.8. The van der Waals surface area contributed by atoms with Crippen LogP contribution in [0.2, 0.25) is 0 Å². The van der Waals surface area contributed by atoms with Gasteiger partial charge in [-0.2, -0.15) is 0 Å². The lowest BCUT2D eigenvalue weighted by Crippen LogP contribution is -3.27. The predicted octanol–water partition coefficient (Wildman–Crippen LogP) is -0.0949. The lowest BCUT2D eigenvalue weighted by atomic mass is 10.0. The fourth-order valence-electron chi connectivity index (χ4n) is 4.15. The number of aryl methyl sites for hydroxylation is 1. The summed E-state index contributed by atoms with van der Waals surface area (Å²) in [6.45, 7) is 7.11. The van der Waals surface area contributed by atoms with Crippen molar-refractivity contribution in [1.82, 2.24) is 5.32 Å². The van der Waals surface area contributed by atoms with Crippen molar-refractivity contribution in [2.75, 3.05) is 61.1 Å². The van der Waals surface area contributed by atoms with Crippen molar-refractivity contribution < 1.29 is 28.8 Å². The Morgan fingerprint density at radius 1 is 0.968 bits per heavy atom. The van der Waals surface area contributed by atoms with Gasteiger partial charge >= 0.3 is 0 Å². The van der Waals surface area contributed by atoms with Gasteiger partial charge in [-0.05, 0) is 19.1 Å². The average molecular weight is 430 g/mol. The lowest BCUT2D eigenvalue weighted by molar-refractivity contribution is -1.02. The number of hydrogen-bond donors (Lipinski definition) is 3. The summed E-state index contributed by atoms with van der Waals surface area (Å²) in [6.07, 6.45) is 0. The number of amides is 1. The monoisotopic (exact) mass is 429 g/mol. The average Bonchev–Trinajstić information content (AvgIpc) is 2.80. The number of ether oxygens (including phenoxy) is 3. The number of benzene rings is 2. The van der Waals surface area contributed by atoms with Crippen molar-refractivity contribution in [3.63, 3.8) is 0 Å². The van der Waals surface area contributed by atoms with Gasteiger partial charge in [-0.25, -0.2) is 0 Å². The molecule has 2 aromatic carbocycles. The molecule has 1 fully saturated rings. The fourth-order valence-corrected chi connectivity index (χ4v) is 4.15. The molecule has 7 heteroatoms. The van der Waals surface area contributed by atoms with E-state index in [4.69, 9.17) is 14.2 Å². The maximum Gasteiger partial charge on any atom is 0.251 e. The van der Waals surface area contributed by atoms with E-state index in [1.54, 1.807) is 38.4 Å². The van der Waals surface area contributed by atoms with Gasteiger partial charge in [0.05, 0.1) is 34.9 Å². The van der Waals surface area contributed by atoms with Crippen LogP contribution in [0.25, 0.3) is 0 Å². The summed E-state index contributed by atoms with van der Waals surface area (Å²) in [4.78, 5) is 16.1. The van der Waals surface area contributed by atoms with Gasteiger partial charge in [0.15, 0.2) is 11.5 Å². The molecule has 0 spiro atoms. The zero-order valence-corrected chi connectivity index (χ0v) is 19.2. The Morgan fingerprint density at radius 2 is 1.55 bits per heavy atom. The first kappa shape index (κ1) is 22.9. The Kier molecular flexibility index (Phi) is 7.76. The molecule has 3 N–H and O–H groups in total. The second-order valence-electron chi connectivity index (χ2n) is 8.20. The highest BCUT2D eigenvalue weighted by Gasteiger charge is 2.30. The van der Waals surface area contributed by atoms with Crippen LogP contribution in [0.15, 0.2) is 36.4 Å². The molecule has 0 saturated carbocycles. The molecule has 31 heavy (non-hydrogen) atoms. The van der Waals surface area contributed by atoms with E-state index in [0.29, 0.717) is 29.4 Å². The maximum atomic E-state index is 13.0. The summed E-state index contributed by atoms with van der Waals surface area (Å²) in [5.74, 6) is 1.25. The molecule has 1 amide bonds. The molecule has 0 aromatic heterocycles. The van der Waals surface area contributed by atoms with Crippen LogP contribution in [0, 0.1) is 6.92 Å². The van der Waals surface area contributed by atoms with E-state index >= 15 is 0 Å². The van der Waals surface area contributed by atoms with Gasteiger partial charge < -0.3 is 29.3 Å². The van der Waals surface area contributed by atoms with Crippen LogP contribution in [-0.2, 0) is 0 Å². The SMILES string of the molecule is COc1cc(C(=O)NC[C@@H](c2ccc(C)cc2)[NH+]2CC[NH+](C)CC2)cc(OC)c1OC. The number of carbonyl (C=O) groups excluding carboxylic acids is 1. The van der Waals surface area contributed by atoms with Gasteiger partial charge in [0.25, 0.3) is 5.91 Å². The zero-order valence-electron chi connectivity index (χ0n) is 19.2. The van der Waals surface area contributed by atoms with Crippen molar-refractivity contribution in [2.24, 2.45) is 0 Å². The van der Waals surface area contributed by atoms with Crippen molar-refractivity contribution in [1.29, 1.82) is 0 Å². The molecule has 1 aliphatic rings. The summed E-state index contributed by atoms with van der Waals surface area (Å²) in [5, 5.41) is 3.14. The van der Waals surface area contributed by atoms with Gasteiger partial charge in [0.2, 0.25) is 5.75 Å². The first-order chi connectivity index (χ1) is 15.0. The third kappa shape index (κ3) is 5.48. The quantitative estimate of drug-likeness (QED) is 0.549. The summed E-state index contributed by atoms with van der Waals surface area (Å²) in [5.41, 5.74) is 2.97. The number of quaternary nitrogens is 2. The van der Waals surface area contributed by atoms with Crippen LogP contribution < -0.4 is 29.3 Å². The Balaban J connectivity index is 1.79. The largest absolute Gasteiger partial charge is 0.493 e. The highest BCUT2D eigenvalue weighted by molar-refractivity contribution is 5.95. The molecule has 1 atom stereocenters. The summed E-state index contributed by atoms with van der Waals surface area (Å²) >= 11 is 0. The highest BCUT2D eigenvalue weighted by atomic mass is 16.5. The van der Waals surface area contributed by atoms with E-state index in [9.17, 15) is 4.79 Å². The number of hydrogen-bond acceptors (Lipinski definition) is 4. The van der Waals surface area contributed by atoms with Crippen molar-refractivity contribution in [3.05, 3.63) is 53.1 Å². The van der Waals surface area contributed by atoms with E-state index < -0.39 is 0 Å². The molecule has 7 nitrogen and oxygen atoms in total. The molecule has 0 aliphatic carbocycles. The third-order valence-electron chi connectivity index (χ3n) is 6.11. The molecular formula is C24H35N3O4+2. The molecule has 1 aliphatic heterocycles. The van der Waals surface area contributed by atoms with E-state index in [2.05, 4.69) is 43.6 Å². The second-order valence-corrected chi connectivity index (χ2v) is 8.20. The lowest BCUT2D eigenvalue weighted by Gasteiger charge is -2.33. The smallest absolute Gasteiger partial charge is 0.251 e. The molecule has 3 rings (SSSR count). The standard InChI is InChI=1S/C24H33N3O4/c1-17-6-8-18(9-7-17)20(27-12-10-26(2)11-13-27)16-25-24(28)19-14-21(29-3)23(31-5)22(15-19)30-4/h6-9,14-15,20H,10-13,16H2,1-5H3,(H,25,28)/p+2/t20-/m0/s1. The number of carbonyl (C=O) groups is 1. The summed E-state index contributed by atoms with van der Waals surface area (Å²) < 4.78 is 16.1. The summed E-state index contributed by atoms with van der Waals surface area (Å²) in [7, 11) is 6.88. The maximum absolute atomic E-state index is 13.0. The number of methoxy groups -OCH3 is 3. The highest BCUT2D eigenvalue weighted by Crippen LogP contribution is 2.38. The number of nitrogens with one attached hydrogen (secondary N) is 3. The van der Waals surface area contributed by atoms with Crippen LogP contribution in [-0.4, -0.2) is 67.0 Å². The first-order valence-corrected chi connectivity index (χ1v) is 10.8. The fraction of sp³-hybridized carbons (Fsp3) is 0.458. The van der Waals surface area contributed by atoms with Gasteiger partial charge in [0, 0.05) is 11.1 Å². The van der Waals surface area contributed by atoms with Gasteiger partial charge in [-0.1, -0.05) is 29.8 Å². The van der Waals surface area contributed by atoms with Crippen LogP contribution in [0.4, 0.5) is 0 Å². The van der Waals surface area contributed by atoms with E-state index in [0.717, 1.165) is 26.2 Å². The molecule has 0 radical (unpaired) electrons. The Labute approximate surface area is 184 Å². The minimum absolute atomic E-state index is 0.157. The number of likely N-dealkylation sites (N-methyl/N-ethyl adjacent to an activating group) is 1. The third-order valence-corrected chi connectivity index (χ3v) is 6.11. The van der Waals surface area contributed by atoms with Gasteiger partial charge in [0.1, 0.15) is 32.2 Å². The van der Waals surface area contributed by atoms with Crippen LogP contribution >= 0.6 is 0 Å². The second kappa shape index (κ2) is 10.5. The molecule has 0 unspecified atom stereocenters. The Bertz CT molecular complexity index is 852.